The van der Waals surface area contributed by atoms with Crippen molar-refractivity contribution in [3.8, 4) is 0 Å². The zero-order valence-electron chi connectivity index (χ0n) is 9.25. The predicted octanol–water partition coefficient (Wildman–Crippen LogP) is 1.28. The van der Waals surface area contributed by atoms with Gasteiger partial charge in [-0.1, -0.05) is 13.3 Å². The first-order valence-electron chi connectivity index (χ1n) is 5.68. The molecule has 1 saturated carbocycles. The summed E-state index contributed by atoms with van der Waals surface area (Å²) < 4.78 is 0. The molecular formula is C11H22N2O. The van der Waals surface area contributed by atoms with E-state index in [1.54, 1.807) is 0 Å². The molecular weight excluding hydrogens is 176 g/mol. The maximum Gasteiger partial charge on any atom is 0.223 e. The van der Waals surface area contributed by atoms with E-state index in [-0.39, 0.29) is 11.8 Å². The Morgan fingerprint density at radius 3 is 2.86 bits per heavy atom. The molecule has 1 fully saturated rings. The zero-order chi connectivity index (χ0) is 10.6. The molecule has 3 atom stereocenters. The first kappa shape index (κ1) is 11.5. The Hall–Kier alpha value is -0.570. The molecule has 82 valence electrons. The minimum Gasteiger partial charge on any atom is -0.356 e. The molecule has 1 aliphatic carbocycles. The van der Waals surface area contributed by atoms with Crippen LogP contribution in [-0.4, -0.2) is 18.5 Å². The molecule has 3 unspecified atom stereocenters. The zero-order valence-corrected chi connectivity index (χ0v) is 9.25. The third-order valence-corrected chi connectivity index (χ3v) is 3.23. The van der Waals surface area contributed by atoms with Crippen molar-refractivity contribution in [1.29, 1.82) is 0 Å². The van der Waals surface area contributed by atoms with Gasteiger partial charge in [-0.15, -0.1) is 0 Å². The highest BCUT2D eigenvalue weighted by molar-refractivity contribution is 5.78. The lowest BCUT2D eigenvalue weighted by molar-refractivity contribution is -0.126. The summed E-state index contributed by atoms with van der Waals surface area (Å²) in [5, 5.41) is 2.88. The summed E-state index contributed by atoms with van der Waals surface area (Å²) in [5.41, 5.74) is 5.91. The van der Waals surface area contributed by atoms with E-state index in [2.05, 4.69) is 5.32 Å². The highest BCUT2D eigenvalue weighted by atomic mass is 16.1. The van der Waals surface area contributed by atoms with Crippen LogP contribution in [0.3, 0.4) is 0 Å². The fourth-order valence-corrected chi connectivity index (χ4v) is 2.27. The number of carbonyl (C=O) groups is 1. The van der Waals surface area contributed by atoms with Crippen LogP contribution in [0.15, 0.2) is 0 Å². The van der Waals surface area contributed by atoms with Gasteiger partial charge >= 0.3 is 0 Å². The average molecular weight is 198 g/mol. The Labute approximate surface area is 86.4 Å². The van der Waals surface area contributed by atoms with Crippen molar-refractivity contribution in [2.24, 2.45) is 17.6 Å². The molecule has 0 heterocycles. The molecule has 14 heavy (non-hydrogen) atoms. The van der Waals surface area contributed by atoms with Crippen LogP contribution in [0.25, 0.3) is 0 Å². The van der Waals surface area contributed by atoms with E-state index >= 15 is 0 Å². The molecule has 3 nitrogen and oxygen atoms in total. The number of rotatable bonds is 3. The third kappa shape index (κ3) is 2.98. The Balaban J connectivity index is 2.42. The summed E-state index contributed by atoms with van der Waals surface area (Å²) in [6.45, 7) is 4.70. The standard InChI is InChI=1S/C11H22N2O/c1-3-13-11(14)8(2)9-5-4-6-10(12)7-9/h8-10H,3-7,12H2,1-2H3,(H,13,14). The molecule has 1 rings (SSSR count). The second-order valence-electron chi connectivity index (χ2n) is 4.37. The van der Waals surface area contributed by atoms with Crippen molar-refractivity contribution in [2.75, 3.05) is 6.54 Å². The van der Waals surface area contributed by atoms with E-state index < -0.39 is 0 Å². The molecule has 3 N–H and O–H groups in total. The SMILES string of the molecule is CCNC(=O)C(C)C1CCCC(N)C1. The lowest BCUT2D eigenvalue weighted by Gasteiger charge is -2.30. The van der Waals surface area contributed by atoms with Gasteiger partial charge in [0.15, 0.2) is 0 Å². The van der Waals surface area contributed by atoms with Gasteiger partial charge in [-0.3, -0.25) is 4.79 Å². The lowest BCUT2D eigenvalue weighted by Crippen LogP contribution is -2.37. The van der Waals surface area contributed by atoms with Crippen molar-refractivity contribution in [1.82, 2.24) is 5.32 Å². The molecule has 0 aromatic rings. The molecule has 1 amide bonds. The number of hydrogen-bond acceptors (Lipinski definition) is 2. The van der Waals surface area contributed by atoms with Crippen LogP contribution in [0.1, 0.15) is 39.5 Å². The number of hydrogen-bond donors (Lipinski definition) is 2. The van der Waals surface area contributed by atoms with Crippen molar-refractivity contribution >= 4 is 5.91 Å². The number of nitrogens with one attached hydrogen (secondary N) is 1. The maximum atomic E-state index is 11.6. The van der Waals surface area contributed by atoms with Gasteiger partial charge in [-0.25, -0.2) is 0 Å². The summed E-state index contributed by atoms with van der Waals surface area (Å²) in [6.07, 6.45) is 4.47. The largest absolute Gasteiger partial charge is 0.356 e. The molecule has 0 radical (unpaired) electrons. The molecule has 0 bridgehead atoms. The number of carbonyl (C=O) groups excluding carboxylic acids is 1. The van der Waals surface area contributed by atoms with Gasteiger partial charge in [-0.05, 0) is 32.1 Å². The van der Waals surface area contributed by atoms with Gasteiger partial charge in [0.1, 0.15) is 0 Å². The lowest BCUT2D eigenvalue weighted by atomic mass is 9.78. The molecule has 0 aromatic heterocycles. The Kier molecular flexibility index (Phi) is 4.39. The molecule has 0 aliphatic heterocycles. The average Bonchev–Trinajstić information content (AvgIpc) is 2.17. The van der Waals surface area contributed by atoms with E-state index in [0.29, 0.717) is 12.0 Å². The number of amides is 1. The van der Waals surface area contributed by atoms with Gasteiger partial charge in [0, 0.05) is 18.5 Å². The Morgan fingerprint density at radius 1 is 1.57 bits per heavy atom. The summed E-state index contributed by atoms with van der Waals surface area (Å²) in [4.78, 5) is 11.6. The van der Waals surface area contributed by atoms with E-state index in [1.807, 2.05) is 13.8 Å². The topological polar surface area (TPSA) is 55.1 Å². The maximum absolute atomic E-state index is 11.6. The summed E-state index contributed by atoms with van der Waals surface area (Å²) >= 11 is 0. The van der Waals surface area contributed by atoms with Crippen molar-refractivity contribution in [2.45, 2.75) is 45.6 Å². The first-order valence-corrected chi connectivity index (χ1v) is 5.68. The van der Waals surface area contributed by atoms with E-state index in [1.165, 1.54) is 6.42 Å². The smallest absolute Gasteiger partial charge is 0.223 e. The molecule has 0 aromatic carbocycles. The quantitative estimate of drug-likeness (QED) is 0.717. The fraction of sp³-hybridized carbons (Fsp3) is 0.909. The van der Waals surface area contributed by atoms with Gasteiger partial charge in [0.25, 0.3) is 0 Å². The van der Waals surface area contributed by atoms with Crippen LogP contribution < -0.4 is 11.1 Å². The van der Waals surface area contributed by atoms with Crippen molar-refractivity contribution < 1.29 is 4.79 Å². The normalized spacial score (nSPS) is 29.6. The van der Waals surface area contributed by atoms with E-state index in [9.17, 15) is 4.79 Å². The van der Waals surface area contributed by atoms with Crippen LogP contribution in [-0.2, 0) is 4.79 Å². The van der Waals surface area contributed by atoms with Gasteiger partial charge in [0.05, 0.1) is 0 Å². The molecule has 0 saturated heterocycles. The van der Waals surface area contributed by atoms with Crippen LogP contribution in [0.2, 0.25) is 0 Å². The fourth-order valence-electron chi connectivity index (χ4n) is 2.27. The summed E-state index contributed by atoms with van der Waals surface area (Å²) in [5.74, 6) is 0.804. The Bertz CT molecular complexity index is 194. The minimum atomic E-state index is 0.126. The molecule has 1 aliphatic rings. The van der Waals surface area contributed by atoms with Crippen LogP contribution in [0.5, 0.6) is 0 Å². The molecule has 0 spiro atoms. The van der Waals surface area contributed by atoms with Crippen molar-refractivity contribution in [3.63, 3.8) is 0 Å². The highest BCUT2D eigenvalue weighted by Gasteiger charge is 2.27. The second kappa shape index (κ2) is 5.35. The van der Waals surface area contributed by atoms with E-state index in [0.717, 1.165) is 25.8 Å². The monoisotopic (exact) mass is 198 g/mol. The Morgan fingerprint density at radius 2 is 2.29 bits per heavy atom. The van der Waals surface area contributed by atoms with E-state index in [4.69, 9.17) is 5.73 Å². The van der Waals surface area contributed by atoms with Crippen LogP contribution >= 0.6 is 0 Å². The number of nitrogens with two attached hydrogens (primary N) is 1. The second-order valence-corrected chi connectivity index (χ2v) is 4.37. The van der Waals surface area contributed by atoms with Gasteiger partial charge in [-0.2, -0.15) is 0 Å². The van der Waals surface area contributed by atoms with Crippen molar-refractivity contribution in [3.05, 3.63) is 0 Å². The summed E-state index contributed by atoms with van der Waals surface area (Å²) in [7, 11) is 0. The van der Waals surface area contributed by atoms with Crippen LogP contribution in [0.4, 0.5) is 0 Å². The third-order valence-electron chi connectivity index (χ3n) is 3.23. The van der Waals surface area contributed by atoms with Gasteiger partial charge in [0.2, 0.25) is 5.91 Å². The summed E-state index contributed by atoms with van der Waals surface area (Å²) in [6, 6.07) is 0.311. The van der Waals surface area contributed by atoms with Gasteiger partial charge < -0.3 is 11.1 Å². The minimum absolute atomic E-state index is 0.126. The predicted molar refractivity (Wildman–Crippen MR) is 57.8 cm³/mol. The molecule has 3 heteroatoms. The highest BCUT2D eigenvalue weighted by Crippen LogP contribution is 2.29. The first-order chi connectivity index (χ1) is 6.65. The van der Waals surface area contributed by atoms with Crippen LogP contribution in [0, 0.1) is 11.8 Å².